The highest BCUT2D eigenvalue weighted by molar-refractivity contribution is 7.90. The molecule has 2 rings (SSSR count). The first kappa shape index (κ1) is 16.9. The number of amides is 1. The smallest absolute Gasteiger partial charge is 0.387 e. The fourth-order valence-corrected chi connectivity index (χ4v) is 2.50. The zero-order valence-corrected chi connectivity index (χ0v) is 12.8. The molecule has 1 N–H and O–H groups in total. The van der Waals surface area contributed by atoms with E-state index in [1.165, 1.54) is 42.5 Å². The largest absolute Gasteiger partial charge is 0.433 e. The van der Waals surface area contributed by atoms with Crippen LogP contribution in [0.15, 0.2) is 53.4 Å². The van der Waals surface area contributed by atoms with E-state index >= 15 is 0 Å². The van der Waals surface area contributed by atoms with Gasteiger partial charge >= 0.3 is 6.61 Å². The Morgan fingerprint density at radius 3 is 2.48 bits per heavy atom. The number of hydrogen-bond donors (Lipinski definition) is 1. The van der Waals surface area contributed by atoms with E-state index in [0.29, 0.717) is 0 Å². The van der Waals surface area contributed by atoms with Crippen molar-refractivity contribution in [2.24, 2.45) is 0 Å². The molecule has 0 aromatic heterocycles. The van der Waals surface area contributed by atoms with Crippen molar-refractivity contribution < 1.29 is 26.7 Å². The fourth-order valence-electron chi connectivity index (χ4n) is 1.83. The summed E-state index contributed by atoms with van der Waals surface area (Å²) >= 11 is 0. The van der Waals surface area contributed by atoms with Crippen LogP contribution in [0.5, 0.6) is 5.75 Å². The van der Waals surface area contributed by atoms with E-state index < -0.39 is 22.4 Å². The maximum absolute atomic E-state index is 12.3. The van der Waals surface area contributed by atoms with E-state index in [1.54, 1.807) is 6.07 Å². The van der Waals surface area contributed by atoms with Crippen LogP contribution in [0.4, 0.5) is 14.5 Å². The molecule has 5 nitrogen and oxygen atoms in total. The number of halogens is 2. The Kier molecular flexibility index (Phi) is 4.95. The van der Waals surface area contributed by atoms with Crippen LogP contribution in [-0.4, -0.2) is 27.2 Å². The monoisotopic (exact) mass is 341 g/mol. The highest BCUT2D eigenvalue weighted by Gasteiger charge is 2.15. The lowest BCUT2D eigenvalue weighted by Crippen LogP contribution is -2.14. The minimum atomic E-state index is -3.46. The number of hydrogen-bond acceptors (Lipinski definition) is 4. The lowest BCUT2D eigenvalue weighted by atomic mass is 10.2. The van der Waals surface area contributed by atoms with Gasteiger partial charge in [-0.05, 0) is 30.3 Å². The number of alkyl halides is 2. The van der Waals surface area contributed by atoms with Gasteiger partial charge in [-0.15, -0.1) is 0 Å². The molecule has 0 saturated carbocycles. The van der Waals surface area contributed by atoms with Crippen LogP contribution in [0.25, 0.3) is 0 Å². The summed E-state index contributed by atoms with van der Waals surface area (Å²) in [6.45, 7) is -3.03. The summed E-state index contributed by atoms with van der Waals surface area (Å²) in [4.78, 5) is 12.2. The second-order valence-corrected chi connectivity index (χ2v) is 6.64. The molecule has 0 radical (unpaired) electrons. The van der Waals surface area contributed by atoms with Crippen molar-refractivity contribution in [1.29, 1.82) is 0 Å². The number of para-hydroxylation sites is 2. The summed E-state index contributed by atoms with van der Waals surface area (Å²) in [5.41, 5.74) is 0.141. The lowest BCUT2D eigenvalue weighted by molar-refractivity contribution is -0.0493. The van der Waals surface area contributed by atoms with Crippen LogP contribution in [0.2, 0.25) is 0 Å². The minimum absolute atomic E-state index is 0.0118. The van der Waals surface area contributed by atoms with E-state index in [9.17, 15) is 22.0 Å². The SMILES string of the molecule is CS(=O)(=O)c1cccc(C(=O)Nc2ccccc2OC(F)F)c1. The molecule has 122 valence electrons. The first-order chi connectivity index (χ1) is 10.8. The van der Waals surface area contributed by atoms with Gasteiger partial charge in [-0.3, -0.25) is 4.79 Å². The normalized spacial score (nSPS) is 11.3. The van der Waals surface area contributed by atoms with Gasteiger partial charge in [-0.1, -0.05) is 18.2 Å². The van der Waals surface area contributed by atoms with Gasteiger partial charge in [-0.25, -0.2) is 8.42 Å². The third-order valence-electron chi connectivity index (χ3n) is 2.88. The van der Waals surface area contributed by atoms with Crippen molar-refractivity contribution in [2.75, 3.05) is 11.6 Å². The molecule has 0 atom stereocenters. The molecule has 1 amide bonds. The molecule has 0 aliphatic carbocycles. The van der Waals surface area contributed by atoms with Gasteiger partial charge in [0, 0.05) is 11.8 Å². The molecule has 0 bridgehead atoms. The third-order valence-corrected chi connectivity index (χ3v) is 3.99. The Balaban J connectivity index is 2.27. The van der Waals surface area contributed by atoms with Crippen molar-refractivity contribution in [3.05, 3.63) is 54.1 Å². The third kappa shape index (κ3) is 4.49. The quantitative estimate of drug-likeness (QED) is 0.907. The summed E-state index contributed by atoms with van der Waals surface area (Å²) in [6, 6.07) is 11.1. The Labute approximate surface area is 131 Å². The van der Waals surface area contributed by atoms with Crippen LogP contribution < -0.4 is 10.1 Å². The van der Waals surface area contributed by atoms with Crippen molar-refractivity contribution in [2.45, 2.75) is 11.5 Å². The van der Waals surface area contributed by atoms with Crippen molar-refractivity contribution in [1.82, 2.24) is 0 Å². The number of carbonyl (C=O) groups is 1. The van der Waals surface area contributed by atoms with Gasteiger partial charge < -0.3 is 10.1 Å². The van der Waals surface area contributed by atoms with Gasteiger partial charge in [0.1, 0.15) is 5.75 Å². The second-order valence-electron chi connectivity index (χ2n) is 4.63. The van der Waals surface area contributed by atoms with E-state index in [4.69, 9.17) is 0 Å². The van der Waals surface area contributed by atoms with Gasteiger partial charge in [0.25, 0.3) is 5.91 Å². The van der Waals surface area contributed by atoms with Crippen molar-refractivity contribution in [3.8, 4) is 5.75 Å². The number of benzene rings is 2. The van der Waals surface area contributed by atoms with Crippen LogP contribution in [0, 0.1) is 0 Å². The number of anilines is 1. The number of nitrogens with one attached hydrogen (secondary N) is 1. The molecule has 2 aromatic carbocycles. The number of carbonyl (C=O) groups excluding carboxylic acids is 1. The fraction of sp³-hybridized carbons (Fsp3) is 0.133. The Bertz CT molecular complexity index is 822. The number of ether oxygens (including phenoxy) is 1. The molecule has 0 spiro atoms. The lowest BCUT2D eigenvalue weighted by Gasteiger charge is -2.12. The molecular weight excluding hydrogens is 328 g/mol. The first-order valence-corrected chi connectivity index (χ1v) is 8.32. The highest BCUT2D eigenvalue weighted by atomic mass is 32.2. The van der Waals surface area contributed by atoms with Gasteiger partial charge in [0.15, 0.2) is 9.84 Å². The van der Waals surface area contributed by atoms with E-state index in [-0.39, 0.29) is 21.9 Å². The van der Waals surface area contributed by atoms with Crippen molar-refractivity contribution in [3.63, 3.8) is 0 Å². The molecule has 23 heavy (non-hydrogen) atoms. The van der Waals surface area contributed by atoms with Gasteiger partial charge in [-0.2, -0.15) is 8.78 Å². The highest BCUT2D eigenvalue weighted by Crippen LogP contribution is 2.26. The molecule has 0 aliphatic rings. The molecule has 8 heteroatoms. The second kappa shape index (κ2) is 6.74. The molecule has 0 saturated heterocycles. The number of rotatable bonds is 5. The van der Waals surface area contributed by atoms with Gasteiger partial charge in [0.2, 0.25) is 0 Å². The van der Waals surface area contributed by atoms with E-state index in [1.807, 2.05) is 0 Å². The maximum atomic E-state index is 12.3. The molecule has 2 aromatic rings. The molecule has 0 aliphatic heterocycles. The van der Waals surface area contributed by atoms with Crippen molar-refractivity contribution >= 4 is 21.4 Å². The van der Waals surface area contributed by atoms with Crippen LogP contribution in [-0.2, 0) is 9.84 Å². The summed E-state index contributed by atoms with van der Waals surface area (Å²) in [6.07, 6.45) is 1.02. The Hall–Kier alpha value is -2.48. The summed E-state index contributed by atoms with van der Waals surface area (Å²) in [5, 5.41) is 2.42. The average molecular weight is 341 g/mol. The number of sulfone groups is 1. The van der Waals surface area contributed by atoms with Crippen LogP contribution in [0.3, 0.4) is 0 Å². The van der Waals surface area contributed by atoms with Gasteiger partial charge in [0.05, 0.1) is 10.6 Å². The maximum Gasteiger partial charge on any atom is 0.387 e. The molecule has 0 fully saturated rings. The zero-order chi connectivity index (χ0) is 17.0. The van der Waals surface area contributed by atoms with E-state index in [2.05, 4.69) is 10.1 Å². The summed E-state index contributed by atoms with van der Waals surface area (Å²) in [7, 11) is -3.46. The van der Waals surface area contributed by atoms with E-state index in [0.717, 1.165) is 6.26 Å². The summed E-state index contributed by atoms with van der Waals surface area (Å²) < 4.78 is 52.0. The van der Waals surface area contributed by atoms with Crippen LogP contribution in [0.1, 0.15) is 10.4 Å². The Morgan fingerprint density at radius 2 is 1.83 bits per heavy atom. The predicted molar refractivity (Wildman–Crippen MR) is 80.6 cm³/mol. The first-order valence-electron chi connectivity index (χ1n) is 6.42. The summed E-state index contributed by atoms with van der Waals surface area (Å²) in [5.74, 6) is -0.823. The standard InChI is InChI=1S/C15H13F2NO4S/c1-23(20,21)11-6-4-5-10(9-11)14(19)18-12-7-2-3-8-13(12)22-15(16)17/h2-9,15H,1H3,(H,18,19). The molecular formula is C15H13F2NO4S. The topological polar surface area (TPSA) is 72.5 Å². The Morgan fingerprint density at radius 1 is 1.13 bits per heavy atom. The average Bonchev–Trinajstić information content (AvgIpc) is 2.48. The molecule has 0 unspecified atom stereocenters. The zero-order valence-electron chi connectivity index (χ0n) is 12.0. The minimum Gasteiger partial charge on any atom is -0.433 e. The predicted octanol–water partition coefficient (Wildman–Crippen LogP) is 2.94. The molecule has 0 heterocycles. The van der Waals surface area contributed by atoms with Crippen LogP contribution >= 0.6 is 0 Å².